The number of nitrogens with one attached hydrogen (secondary N) is 1. The molecule has 2 aliphatic rings. The lowest BCUT2D eigenvalue weighted by atomic mass is 10.1. The average molecular weight is 423 g/mol. The summed E-state index contributed by atoms with van der Waals surface area (Å²) in [5, 5.41) is 8.32. The zero-order chi connectivity index (χ0) is 19.6. The van der Waals surface area contributed by atoms with E-state index < -0.39 is 0 Å². The molecule has 2 aliphatic heterocycles. The van der Waals surface area contributed by atoms with Gasteiger partial charge in [0, 0.05) is 30.4 Å². The number of halogens is 1. The van der Waals surface area contributed by atoms with Crippen LogP contribution in [0.3, 0.4) is 0 Å². The van der Waals surface area contributed by atoms with Crippen molar-refractivity contribution in [3.05, 3.63) is 78.0 Å². The standard InChI is InChI=1S/C24H26N4O.ClH/c29-24(28-20-11-12-21(28)15-25-14-13-20)22-17-27(16-18-7-3-1-4-8-18)26-23(22)19-9-5-2-6-10-19;/h1-10,17,20-21,25H,11-16H2;1H. The van der Waals surface area contributed by atoms with Gasteiger partial charge >= 0.3 is 0 Å². The van der Waals surface area contributed by atoms with Crippen molar-refractivity contribution in [2.75, 3.05) is 13.1 Å². The van der Waals surface area contributed by atoms with Crippen LogP contribution in [0.2, 0.25) is 0 Å². The quantitative estimate of drug-likeness (QED) is 0.691. The monoisotopic (exact) mass is 422 g/mol. The van der Waals surface area contributed by atoms with Crippen molar-refractivity contribution >= 4 is 18.3 Å². The van der Waals surface area contributed by atoms with E-state index in [1.165, 1.54) is 5.56 Å². The molecule has 0 aliphatic carbocycles. The SMILES string of the molecule is Cl.O=C(c1cn(Cc2ccccc2)nc1-c1ccccc1)N1C2CCNCC1CC2. The number of carbonyl (C=O) groups is 1. The van der Waals surface area contributed by atoms with Gasteiger partial charge in [-0.3, -0.25) is 9.48 Å². The van der Waals surface area contributed by atoms with Gasteiger partial charge in [0.1, 0.15) is 5.69 Å². The largest absolute Gasteiger partial charge is 0.331 e. The maximum Gasteiger partial charge on any atom is 0.258 e. The first-order chi connectivity index (χ1) is 14.3. The predicted octanol–water partition coefficient (Wildman–Crippen LogP) is 3.99. The summed E-state index contributed by atoms with van der Waals surface area (Å²) in [5.41, 5.74) is 3.66. The van der Waals surface area contributed by atoms with E-state index in [0.717, 1.165) is 43.6 Å². The van der Waals surface area contributed by atoms with Gasteiger partial charge in [-0.1, -0.05) is 60.7 Å². The van der Waals surface area contributed by atoms with Crippen LogP contribution in [0.4, 0.5) is 0 Å². The fraction of sp³-hybridized carbons (Fsp3) is 0.333. The first kappa shape index (κ1) is 20.6. The topological polar surface area (TPSA) is 50.2 Å². The number of rotatable bonds is 4. The van der Waals surface area contributed by atoms with E-state index in [-0.39, 0.29) is 24.4 Å². The Morgan fingerprint density at radius 3 is 2.43 bits per heavy atom. The van der Waals surface area contributed by atoms with Crippen LogP contribution in [-0.4, -0.2) is 45.8 Å². The van der Waals surface area contributed by atoms with Crippen molar-refractivity contribution in [2.45, 2.75) is 37.9 Å². The minimum atomic E-state index is 0. The summed E-state index contributed by atoms with van der Waals surface area (Å²) in [6.07, 6.45) is 5.16. The average Bonchev–Trinajstić information content (AvgIpc) is 3.28. The van der Waals surface area contributed by atoms with Gasteiger partial charge in [0.05, 0.1) is 12.1 Å². The summed E-state index contributed by atoms with van der Waals surface area (Å²) < 4.78 is 1.91. The third-order valence-electron chi connectivity index (χ3n) is 6.12. The molecule has 2 unspecified atom stereocenters. The normalized spacial score (nSPS) is 20.5. The Morgan fingerprint density at radius 2 is 1.67 bits per heavy atom. The van der Waals surface area contributed by atoms with E-state index in [9.17, 15) is 4.79 Å². The molecule has 30 heavy (non-hydrogen) atoms. The van der Waals surface area contributed by atoms with Crippen LogP contribution < -0.4 is 5.32 Å². The number of hydrogen-bond donors (Lipinski definition) is 1. The van der Waals surface area contributed by atoms with E-state index in [1.54, 1.807) is 0 Å². The molecule has 3 aromatic rings. The molecule has 1 N–H and O–H groups in total. The van der Waals surface area contributed by atoms with Crippen molar-refractivity contribution in [2.24, 2.45) is 0 Å². The van der Waals surface area contributed by atoms with Crippen molar-refractivity contribution in [3.8, 4) is 11.3 Å². The van der Waals surface area contributed by atoms with E-state index in [4.69, 9.17) is 5.10 Å². The number of amides is 1. The van der Waals surface area contributed by atoms with Crippen molar-refractivity contribution < 1.29 is 4.79 Å². The minimum Gasteiger partial charge on any atom is -0.331 e. The summed E-state index contributed by atoms with van der Waals surface area (Å²) >= 11 is 0. The molecule has 2 fully saturated rings. The van der Waals surface area contributed by atoms with Crippen LogP contribution in [0.15, 0.2) is 66.9 Å². The Bertz CT molecular complexity index is 975. The second kappa shape index (κ2) is 9.02. The molecule has 5 rings (SSSR count). The number of carbonyl (C=O) groups excluding carboxylic acids is 1. The smallest absolute Gasteiger partial charge is 0.258 e. The van der Waals surface area contributed by atoms with Gasteiger partial charge in [0.25, 0.3) is 5.91 Å². The van der Waals surface area contributed by atoms with Crippen molar-refractivity contribution in [3.63, 3.8) is 0 Å². The Hall–Kier alpha value is -2.63. The molecule has 2 atom stereocenters. The highest BCUT2D eigenvalue weighted by Crippen LogP contribution is 2.32. The lowest BCUT2D eigenvalue weighted by molar-refractivity contribution is 0.0681. The lowest BCUT2D eigenvalue weighted by Crippen LogP contribution is -2.42. The first-order valence-electron chi connectivity index (χ1n) is 10.5. The molecule has 0 saturated carbocycles. The number of hydrogen-bond acceptors (Lipinski definition) is 3. The van der Waals surface area contributed by atoms with Gasteiger partial charge in [-0.05, 0) is 31.4 Å². The van der Waals surface area contributed by atoms with Gasteiger partial charge in [0.2, 0.25) is 0 Å². The Morgan fingerprint density at radius 1 is 0.967 bits per heavy atom. The second-order valence-corrected chi connectivity index (χ2v) is 8.03. The molecule has 6 heteroatoms. The molecular weight excluding hydrogens is 396 g/mol. The van der Waals surface area contributed by atoms with E-state index in [2.05, 4.69) is 22.3 Å². The molecule has 156 valence electrons. The maximum absolute atomic E-state index is 13.7. The molecule has 0 radical (unpaired) electrons. The van der Waals surface area contributed by atoms with Crippen LogP contribution in [0.1, 0.15) is 35.2 Å². The van der Waals surface area contributed by atoms with Gasteiger partial charge in [-0.25, -0.2) is 0 Å². The van der Waals surface area contributed by atoms with Crippen LogP contribution in [0.5, 0.6) is 0 Å². The lowest BCUT2D eigenvalue weighted by Gasteiger charge is -2.27. The van der Waals surface area contributed by atoms with Crippen molar-refractivity contribution in [1.82, 2.24) is 20.0 Å². The van der Waals surface area contributed by atoms with Gasteiger partial charge in [-0.2, -0.15) is 5.10 Å². The highest BCUT2D eigenvalue weighted by molar-refractivity contribution is 6.00. The zero-order valence-corrected chi connectivity index (χ0v) is 17.7. The highest BCUT2D eigenvalue weighted by Gasteiger charge is 2.39. The number of fused-ring (bicyclic) bond motifs is 2. The number of aromatic nitrogens is 2. The van der Waals surface area contributed by atoms with Gasteiger partial charge < -0.3 is 10.2 Å². The van der Waals surface area contributed by atoms with Gasteiger partial charge in [-0.15, -0.1) is 12.4 Å². The Kier molecular flexibility index (Phi) is 6.21. The summed E-state index contributed by atoms with van der Waals surface area (Å²) in [6.45, 7) is 2.53. The summed E-state index contributed by atoms with van der Waals surface area (Å²) in [7, 11) is 0. The van der Waals surface area contributed by atoms with E-state index in [0.29, 0.717) is 18.2 Å². The Labute approximate surface area is 183 Å². The molecule has 1 aromatic heterocycles. The van der Waals surface area contributed by atoms with Crippen LogP contribution in [0.25, 0.3) is 11.3 Å². The number of benzene rings is 2. The van der Waals surface area contributed by atoms with Crippen LogP contribution in [-0.2, 0) is 6.54 Å². The minimum absolute atomic E-state index is 0. The molecule has 3 heterocycles. The molecule has 2 bridgehead atoms. The van der Waals surface area contributed by atoms with Gasteiger partial charge in [0.15, 0.2) is 0 Å². The van der Waals surface area contributed by atoms with Crippen LogP contribution in [0, 0.1) is 0 Å². The highest BCUT2D eigenvalue weighted by atomic mass is 35.5. The fourth-order valence-corrected chi connectivity index (χ4v) is 4.69. The van der Waals surface area contributed by atoms with Crippen molar-refractivity contribution in [1.29, 1.82) is 0 Å². The van der Waals surface area contributed by atoms with E-state index >= 15 is 0 Å². The first-order valence-corrected chi connectivity index (χ1v) is 10.5. The Balaban J connectivity index is 0.00000218. The number of nitrogens with zero attached hydrogens (tertiary/aromatic N) is 3. The zero-order valence-electron chi connectivity index (χ0n) is 16.9. The maximum atomic E-state index is 13.7. The second-order valence-electron chi connectivity index (χ2n) is 8.03. The molecule has 2 aromatic carbocycles. The molecule has 0 spiro atoms. The third kappa shape index (κ3) is 4.00. The third-order valence-corrected chi connectivity index (χ3v) is 6.12. The fourth-order valence-electron chi connectivity index (χ4n) is 4.69. The molecule has 1 amide bonds. The predicted molar refractivity (Wildman–Crippen MR) is 121 cm³/mol. The summed E-state index contributed by atoms with van der Waals surface area (Å²) in [5.74, 6) is 0.124. The van der Waals surface area contributed by atoms with Crippen LogP contribution >= 0.6 is 12.4 Å². The molecular formula is C24H27ClN4O. The van der Waals surface area contributed by atoms with E-state index in [1.807, 2.05) is 59.4 Å². The summed E-state index contributed by atoms with van der Waals surface area (Å²) in [6, 6.07) is 20.9. The summed E-state index contributed by atoms with van der Waals surface area (Å²) in [4.78, 5) is 15.9. The molecule has 2 saturated heterocycles. The molecule has 5 nitrogen and oxygen atoms in total.